The Morgan fingerprint density at radius 2 is 1.00 bits per heavy atom. The summed E-state index contributed by atoms with van der Waals surface area (Å²) in [6.07, 6.45) is 8.59. The molecule has 2 aliphatic heterocycles. The molecule has 78 valence electrons. The molecule has 0 aliphatic carbocycles. The molecule has 2 nitrogen and oxygen atoms in total. The van der Waals surface area contributed by atoms with Crippen molar-refractivity contribution in [3.8, 4) is 0 Å². The van der Waals surface area contributed by atoms with Crippen LogP contribution in [0.15, 0.2) is 0 Å². The van der Waals surface area contributed by atoms with Crippen LogP contribution in [0.1, 0.15) is 38.5 Å². The molecule has 2 rings (SSSR count). The van der Waals surface area contributed by atoms with Crippen LogP contribution in [0.3, 0.4) is 0 Å². The third-order valence-corrected chi connectivity index (χ3v) is 5.64. The molecule has 0 aromatic heterocycles. The number of hydrogen-bond donors (Lipinski definition) is 0. The van der Waals surface area contributed by atoms with Crippen molar-refractivity contribution in [2.75, 3.05) is 26.2 Å². The molecule has 0 N–H and O–H groups in total. The summed E-state index contributed by atoms with van der Waals surface area (Å²) in [4.78, 5) is 5.34. The van der Waals surface area contributed by atoms with E-state index in [2.05, 4.69) is 9.80 Å². The van der Waals surface area contributed by atoms with E-state index in [1.165, 1.54) is 64.7 Å². The van der Waals surface area contributed by atoms with Gasteiger partial charge in [0.1, 0.15) is 0 Å². The predicted octanol–water partition coefficient (Wildman–Crippen LogP) is 1.32. The van der Waals surface area contributed by atoms with Crippen molar-refractivity contribution >= 4 is 2.55 Å². The Morgan fingerprint density at radius 1 is 0.643 bits per heavy atom. The monoisotopic (exact) mass is 270 g/mol. The number of piperidine rings is 2. The molecule has 0 bridgehead atoms. The van der Waals surface area contributed by atoms with E-state index < -0.39 is 0 Å². The van der Waals surface area contributed by atoms with E-state index in [0.29, 0.717) is 0 Å². The summed E-state index contributed by atoms with van der Waals surface area (Å²) in [6, 6.07) is 0. The molecule has 2 saturated heterocycles. The Balaban J connectivity index is 1.85. The van der Waals surface area contributed by atoms with Gasteiger partial charge in [-0.1, -0.05) is 0 Å². The van der Waals surface area contributed by atoms with Gasteiger partial charge in [0.05, 0.1) is 0 Å². The third-order valence-electron chi connectivity index (χ3n) is 3.44. The molecular weight excluding hydrogens is 249 g/mol. The molecule has 0 amide bonds. The first-order valence-electron chi connectivity index (χ1n) is 6.07. The zero-order valence-electron chi connectivity index (χ0n) is 9.17. The molecule has 14 heavy (non-hydrogen) atoms. The van der Waals surface area contributed by atoms with Gasteiger partial charge in [-0.3, -0.25) is 0 Å². The van der Waals surface area contributed by atoms with E-state index in [0.717, 1.165) is 30.4 Å². The molecule has 2 aliphatic rings. The van der Waals surface area contributed by atoms with Crippen LogP contribution in [0.4, 0.5) is 0 Å². The van der Waals surface area contributed by atoms with Crippen LogP contribution < -0.4 is 0 Å². The van der Waals surface area contributed by atoms with Crippen molar-refractivity contribution < 1.29 is 30.4 Å². The summed E-state index contributed by atoms with van der Waals surface area (Å²) in [5, 5.41) is 0. The first-order valence-corrected chi connectivity index (χ1v) is 7.80. The molecule has 0 unspecified atom stereocenters. The van der Waals surface area contributed by atoms with Gasteiger partial charge in [0, 0.05) is 0 Å². The number of rotatable bonds is 2. The fraction of sp³-hybridized carbons (Fsp3) is 0.909. The maximum atomic E-state index is 2.67. The first kappa shape index (κ1) is 11.4. The minimum absolute atomic E-state index is 0.998. The van der Waals surface area contributed by atoms with Gasteiger partial charge in [0.2, 0.25) is 0 Å². The van der Waals surface area contributed by atoms with Gasteiger partial charge in [0.25, 0.3) is 0 Å². The van der Waals surface area contributed by atoms with Crippen molar-refractivity contribution in [3.63, 3.8) is 0 Å². The molecule has 0 aromatic rings. The predicted molar refractivity (Wildman–Crippen MR) is 57.3 cm³/mol. The second-order valence-electron chi connectivity index (χ2n) is 4.51. The summed E-state index contributed by atoms with van der Waals surface area (Å²) in [6.45, 7) is 5.35. The summed E-state index contributed by atoms with van der Waals surface area (Å²) in [5.41, 5.74) is 0. The average Bonchev–Trinajstić information content (AvgIpc) is 2.30. The molecule has 0 aromatic carbocycles. The van der Waals surface area contributed by atoms with Gasteiger partial charge in [-0.25, -0.2) is 0 Å². The number of hydrogen-bond acceptors (Lipinski definition) is 2. The average molecular weight is 270 g/mol. The van der Waals surface area contributed by atoms with Crippen LogP contribution in [-0.2, 0) is 30.4 Å². The summed E-state index contributed by atoms with van der Waals surface area (Å²) < 4.78 is 1.72. The quantitative estimate of drug-likeness (QED) is 0.747. The Hall–Kier alpha value is 0.894. The molecule has 2 fully saturated rings. The van der Waals surface area contributed by atoms with Crippen molar-refractivity contribution in [1.82, 2.24) is 9.80 Å². The van der Waals surface area contributed by atoms with Crippen LogP contribution >= 0.6 is 0 Å². The van der Waals surface area contributed by atoms with E-state index in [-0.39, 0.29) is 0 Å². The van der Waals surface area contributed by atoms with Crippen molar-refractivity contribution in [2.24, 2.45) is 0 Å². The van der Waals surface area contributed by atoms with Crippen molar-refractivity contribution in [1.29, 1.82) is 0 Å². The van der Waals surface area contributed by atoms with Crippen molar-refractivity contribution in [2.45, 2.75) is 38.5 Å². The Labute approximate surface area is 107 Å². The maximum absolute atomic E-state index is 2.67. The van der Waals surface area contributed by atoms with Gasteiger partial charge in [-0.15, -0.1) is 0 Å². The van der Waals surface area contributed by atoms with Gasteiger partial charge < -0.3 is 0 Å². The second kappa shape index (κ2) is 5.84. The van der Waals surface area contributed by atoms with Gasteiger partial charge in [-0.05, 0) is 0 Å². The van der Waals surface area contributed by atoms with Crippen LogP contribution in [-0.4, -0.2) is 38.5 Å². The number of nitrogens with zero attached hydrogens (tertiary/aromatic N) is 2. The fourth-order valence-corrected chi connectivity index (χ4v) is 4.06. The standard InChI is InChI=1S/C11H20N2.Y.H/c1-3-7-12(8-4-1)11-13-9-5-2-6-10-13;;/h1-10H2;;. The first-order chi connectivity index (χ1) is 6.88. The van der Waals surface area contributed by atoms with E-state index in [4.69, 9.17) is 0 Å². The zero-order chi connectivity index (χ0) is 9.80. The molecule has 2 heterocycles. The van der Waals surface area contributed by atoms with Gasteiger partial charge in [0.15, 0.2) is 0 Å². The summed E-state index contributed by atoms with van der Waals surface area (Å²) in [5.74, 6) is 0. The molecule has 0 radical (unpaired) electrons. The molecule has 0 spiro atoms. The van der Waals surface area contributed by atoms with Crippen LogP contribution in [0, 0.1) is 0 Å². The normalized spacial score (nSPS) is 26.2. The summed E-state index contributed by atoms with van der Waals surface area (Å²) >= 11 is 0.998. The Kier molecular flexibility index (Phi) is 4.74. The topological polar surface area (TPSA) is 6.48 Å². The minimum atomic E-state index is 0.998. The van der Waals surface area contributed by atoms with E-state index in [1.54, 1.807) is 2.55 Å². The Bertz CT molecular complexity index is 173. The summed E-state index contributed by atoms with van der Waals surface area (Å²) in [7, 11) is 0. The second-order valence-corrected chi connectivity index (χ2v) is 6.07. The van der Waals surface area contributed by atoms with Gasteiger partial charge >= 0.3 is 107 Å². The van der Waals surface area contributed by atoms with Crippen LogP contribution in [0.25, 0.3) is 0 Å². The SMILES string of the molecule is [YH]=[C](N1CCCCC1)N1CCCCC1. The fourth-order valence-electron chi connectivity index (χ4n) is 2.50. The van der Waals surface area contributed by atoms with E-state index in [1.807, 2.05) is 0 Å². The molecule has 3 heteroatoms. The Morgan fingerprint density at radius 3 is 1.36 bits per heavy atom. The van der Waals surface area contributed by atoms with Crippen molar-refractivity contribution in [3.05, 3.63) is 0 Å². The van der Waals surface area contributed by atoms with Gasteiger partial charge in [-0.2, -0.15) is 0 Å². The zero-order valence-corrected chi connectivity index (χ0v) is 12.6. The molecule has 0 atom stereocenters. The van der Waals surface area contributed by atoms with E-state index >= 15 is 0 Å². The third kappa shape index (κ3) is 2.94. The number of likely N-dealkylation sites (tertiary alicyclic amines) is 2. The molecular formula is C11H21N2Y. The van der Waals surface area contributed by atoms with E-state index in [9.17, 15) is 0 Å². The van der Waals surface area contributed by atoms with Crippen LogP contribution in [0.5, 0.6) is 0 Å². The van der Waals surface area contributed by atoms with Crippen LogP contribution in [0.2, 0.25) is 0 Å². The molecule has 0 saturated carbocycles.